The number of aryl methyl sites for hydroxylation is 4. The van der Waals surface area contributed by atoms with E-state index in [1.807, 2.05) is 51.2 Å². The van der Waals surface area contributed by atoms with Crippen molar-refractivity contribution >= 4 is 17.5 Å². The van der Waals surface area contributed by atoms with Crippen molar-refractivity contribution < 1.29 is 4.79 Å². The number of carbonyl (C=O) groups excluding carboxylic acids is 1. The van der Waals surface area contributed by atoms with Crippen molar-refractivity contribution in [3.05, 3.63) is 46.8 Å². The van der Waals surface area contributed by atoms with Gasteiger partial charge in [0.05, 0.1) is 0 Å². The highest BCUT2D eigenvalue weighted by Crippen LogP contribution is 2.19. The van der Waals surface area contributed by atoms with Crippen molar-refractivity contribution in [3.8, 4) is 6.19 Å². The van der Waals surface area contributed by atoms with E-state index in [9.17, 15) is 4.79 Å². The van der Waals surface area contributed by atoms with E-state index in [1.54, 1.807) is 0 Å². The smallest absolute Gasteiger partial charge is 0.236 e. The molecule has 1 amide bonds. The van der Waals surface area contributed by atoms with Crippen molar-refractivity contribution in [1.29, 1.82) is 5.26 Å². The molecule has 124 valence electrons. The third kappa shape index (κ3) is 4.53. The van der Waals surface area contributed by atoms with Crippen LogP contribution >= 0.6 is 0 Å². The van der Waals surface area contributed by atoms with Gasteiger partial charge in [0.25, 0.3) is 0 Å². The number of para-hydroxylation sites is 1. The number of aromatic nitrogens is 2. The van der Waals surface area contributed by atoms with Gasteiger partial charge < -0.3 is 5.32 Å². The fraction of sp³-hybridized carbons (Fsp3) is 0.333. The predicted molar refractivity (Wildman–Crippen MR) is 93.5 cm³/mol. The summed E-state index contributed by atoms with van der Waals surface area (Å²) in [5.41, 5.74) is 4.54. The van der Waals surface area contributed by atoms with Crippen molar-refractivity contribution in [2.24, 2.45) is 0 Å². The first-order valence-electron chi connectivity index (χ1n) is 7.91. The average molecular weight is 323 g/mol. The number of nitrogens with zero attached hydrogens (tertiary/aromatic N) is 3. The molecule has 0 radical (unpaired) electrons. The maximum atomic E-state index is 12.2. The average Bonchev–Trinajstić information content (AvgIpc) is 2.56. The lowest BCUT2D eigenvalue weighted by atomic mass is 10.1. The number of hydrogen-bond acceptors (Lipinski definition) is 5. The Morgan fingerprint density at radius 3 is 2.50 bits per heavy atom. The van der Waals surface area contributed by atoms with Gasteiger partial charge in [0.2, 0.25) is 11.9 Å². The number of benzene rings is 1. The standard InChI is InChI=1S/C18H21N5O/c1-4-14-10-15(22-18(21-14)20-11-19)8-9-16(24)23-17-12(2)6-5-7-13(17)3/h5-7,10H,4,8-9H2,1-3H3,(H,23,24)(H,20,21,22). The van der Waals surface area contributed by atoms with Crippen molar-refractivity contribution in [1.82, 2.24) is 9.97 Å². The van der Waals surface area contributed by atoms with Crippen LogP contribution in [-0.4, -0.2) is 15.9 Å². The number of nitriles is 1. The normalized spacial score (nSPS) is 10.1. The number of carbonyl (C=O) groups is 1. The van der Waals surface area contributed by atoms with Crippen molar-refractivity contribution in [3.63, 3.8) is 0 Å². The second-order valence-corrected chi connectivity index (χ2v) is 5.58. The SMILES string of the molecule is CCc1cc(CCC(=O)Nc2c(C)cccc2C)nc(NC#N)n1. The molecule has 1 aromatic heterocycles. The van der Waals surface area contributed by atoms with E-state index in [-0.39, 0.29) is 11.9 Å². The third-order valence-electron chi connectivity index (χ3n) is 3.72. The van der Waals surface area contributed by atoms with Crippen LogP contribution in [0.5, 0.6) is 0 Å². The largest absolute Gasteiger partial charge is 0.326 e. The molecule has 6 heteroatoms. The van der Waals surface area contributed by atoms with Gasteiger partial charge in [-0.3, -0.25) is 10.1 Å². The maximum Gasteiger partial charge on any atom is 0.236 e. The van der Waals surface area contributed by atoms with E-state index in [4.69, 9.17) is 5.26 Å². The van der Waals surface area contributed by atoms with Crippen LogP contribution in [0, 0.1) is 25.3 Å². The van der Waals surface area contributed by atoms with E-state index >= 15 is 0 Å². The number of hydrogen-bond donors (Lipinski definition) is 2. The minimum absolute atomic E-state index is 0.0566. The van der Waals surface area contributed by atoms with Gasteiger partial charge in [-0.05, 0) is 43.9 Å². The fourth-order valence-electron chi connectivity index (χ4n) is 2.42. The van der Waals surface area contributed by atoms with Crippen LogP contribution in [0.1, 0.15) is 35.9 Å². The van der Waals surface area contributed by atoms with Crippen LogP contribution < -0.4 is 10.6 Å². The lowest BCUT2D eigenvalue weighted by Crippen LogP contribution is -2.15. The maximum absolute atomic E-state index is 12.2. The van der Waals surface area contributed by atoms with Crippen molar-refractivity contribution in [2.75, 3.05) is 10.6 Å². The highest BCUT2D eigenvalue weighted by molar-refractivity contribution is 5.92. The van der Waals surface area contributed by atoms with Gasteiger partial charge in [0.15, 0.2) is 6.19 Å². The lowest BCUT2D eigenvalue weighted by molar-refractivity contribution is -0.116. The molecule has 2 N–H and O–H groups in total. The Bertz CT molecular complexity index is 759. The van der Waals surface area contributed by atoms with Crippen LogP contribution in [0.2, 0.25) is 0 Å². The van der Waals surface area contributed by atoms with Gasteiger partial charge in [-0.2, -0.15) is 5.26 Å². The molecule has 24 heavy (non-hydrogen) atoms. The van der Waals surface area contributed by atoms with Crippen LogP contribution in [0.25, 0.3) is 0 Å². The summed E-state index contributed by atoms with van der Waals surface area (Å²) in [6, 6.07) is 7.78. The van der Waals surface area contributed by atoms with Gasteiger partial charge in [0.1, 0.15) is 0 Å². The molecule has 1 heterocycles. The molecule has 0 aliphatic rings. The summed E-state index contributed by atoms with van der Waals surface area (Å²) in [5.74, 6) is 0.223. The minimum Gasteiger partial charge on any atom is -0.326 e. The molecule has 0 aliphatic heterocycles. The summed E-state index contributed by atoms with van der Waals surface area (Å²) < 4.78 is 0. The first-order valence-corrected chi connectivity index (χ1v) is 7.91. The zero-order chi connectivity index (χ0) is 17.5. The van der Waals surface area contributed by atoms with E-state index in [1.165, 1.54) is 0 Å². The molecule has 0 spiro atoms. The molecule has 1 aromatic carbocycles. The van der Waals surface area contributed by atoms with Crippen LogP contribution in [0.4, 0.5) is 11.6 Å². The Labute approximate surface area is 142 Å². The van der Waals surface area contributed by atoms with Gasteiger partial charge in [-0.1, -0.05) is 25.1 Å². The van der Waals surface area contributed by atoms with Gasteiger partial charge in [0, 0.05) is 23.5 Å². The second-order valence-electron chi connectivity index (χ2n) is 5.58. The second kappa shape index (κ2) is 8.06. The Morgan fingerprint density at radius 2 is 1.88 bits per heavy atom. The zero-order valence-corrected chi connectivity index (χ0v) is 14.2. The summed E-state index contributed by atoms with van der Waals surface area (Å²) in [6.45, 7) is 5.93. The Balaban J connectivity index is 2.04. The lowest BCUT2D eigenvalue weighted by Gasteiger charge is -2.11. The minimum atomic E-state index is -0.0566. The molecular formula is C18H21N5O. The molecule has 0 fully saturated rings. The summed E-state index contributed by atoms with van der Waals surface area (Å²) in [7, 11) is 0. The first-order chi connectivity index (χ1) is 11.5. The van der Waals surface area contributed by atoms with Crippen LogP contribution in [0.3, 0.4) is 0 Å². The molecule has 6 nitrogen and oxygen atoms in total. The number of rotatable bonds is 6. The molecule has 0 unspecified atom stereocenters. The van der Waals surface area contributed by atoms with Crippen LogP contribution in [-0.2, 0) is 17.6 Å². The zero-order valence-electron chi connectivity index (χ0n) is 14.2. The molecule has 0 bridgehead atoms. The summed E-state index contributed by atoms with van der Waals surface area (Å²) >= 11 is 0. The fourth-order valence-corrected chi connectivity index (χ4v) is 2.42. The molecule has 2 rings (SSSR count). The number of nitrogens with one attached hydrogen (secondary N) is 2. The molecule has 0 saturated heterocycles. The molecule has 2 aromatic rings. The number of anilines is 2. The van der Waals surface area contributed by atoms with Crippen LogP contribution in [0.15, 0.2) is 24.3 Å². The summed E-state index contributed by atoms with van der Waals surface area (Å²) in [6.07, 6.45) is 3.37. The Hall–Kier alpha value is -2.94. The monoisotopic (exact) mass is 323 g/mol. The predicted octanol–water partition coefficient (Wildman–Crippen LogP) is 3.12. The Kier molecular flexibility index (Phi) is 5.85. The highest BCUT2D eigenvalue weighted by Gasteiger charge is 2.09. The highest BCUT2D eigenvalue weighted by atomic mass is 16.1. The quantitative estimate of drug-likeness (QED) is 0.629. The van der Waals surface area contributed by atoms with Crippen molar-refractivity contribution in [2.45, 2.75) is 40.0 Å². The summed E-state index contributed by atoms with van der Waals surface area (Å²) in [5, 5.41) is 14.1. The molecular weight excluding hydrogens is 302 g/mol. The molecule has 0 saturated carbocycles. The molecule has 0 atom stereocenters. The third-order valence-corrected chi connectivity index (χ3v) is 3.72. The van der Waals surface area contributed by atoms with E-state index < -0.39 is 0 Å². The summed E-state index contributed by atoms with van der Waals surface area (Å²) in [4.78, 5) is 20.7. The first kappa shape index (κ1) is 17.4. The molecule has 0 aliphatic carbocycles. The van der Waals surface area contributed by atoms with Gasteiger partial charge in [-0.15, -0.1) is 0 Å². The van der Waals surface area contributed by atoms with Gasteiger partial charge >= 0.3 is 0 Å². The van der Waals surface area contributed by atoms with E-state index in [2.05, 4.69) is 20.6 Å². The topological polar surface area (TPSA) is 90.7 Å². The van der Waals surface area contributed by atoms with Gasteiger partial charge in [-0.25, -0.2) is 9.97 Å². The number of amides is 1. The van der Waals surface area contributed by atoms with E-state index in [0.29, 0.717) is 12.8 Å². The van der Waals surface area contributed by atoms with E-state index in [0.717, 1.165) is 34.6 Å². The Morgan fingerprint density at radius 1 is 1.21 bits per heavy atom.